The normalized spacial score (nSPS) is 15.6. The molecule has 3 nitrogen and oxygen atoms in total. The van der Waals surface area contributed by atoms with Gasteiger partial charge in [-0.3, -0.25) is 0 Å². The molecule has 0 aromatic carbocycles. The summed E-state index contributed by atoms with van der Waals surface area (Å²) in [5.41, 5.74) is 0.141. The number of nitrogens with one attached hydrogen (secondary N) is 1. The predicted octanol–water partition coefficient (Wildman–Crippen LogP) is 3.77. The summed E-state index contributed by atoms with van der Waals surface area (Å²) in [6, 6.07) is 0.373. The minimum Gasteiger partial charge on any atom is -0.309 e. The van der Waals surface area contributed by atoms with Crippen molar-refractivity contribution in [2.45, 2.75) is 44.9 Å². The van der Waals surface area contributed by atoms with Gasteiger partial charge in [-0.25, -0.2) is 9.97 Å². The van der Waals surface area contributed by atoms with Crippen LogP contribution in [0.4, 0.5) is 13.2 Å². The van der Waals surface area contributed by atoms with Gasteiger partial charge < -0.3 is 5.32 Å². The highest BCUT2D eigenvalue weighted by Crippen LogP contribution is 2.35. The van der Waals surface area contributed by atoms with Gasteiger partial charge in [0.2, 0.25) is 0 Å². The molecule has 0 saturated heterocycles. The van der Waals surface area contributed by atoms with Crippen LogP contribution in [0.15, 0.2) is 5.38 Å². The standard InChI is InChI=1S/C13H14F3N3S2/c1-7-6-20-10(18-7)4-11-19-12(13(14,15)16)9(21-11)5-17-8-2-3-8/h6,8,17H,2-5H2,1H3. The van der Waals surface area contributed by atoms with Gasteiger partial charge >= 0.3 is 6.18 Å². The van der Waals surface area contributed by atoms with E-state index < -0.39 is 11.9 Å². The first-order valence-corrected chi connectivity index (χ1v) is 8.31. The molecule has 114 valence electrons. The van der Waals surface area contributed by atoms with E-state index in [1.807, 2.05) is 12.3 Å². The van der Waals surface area contributed by atoms with Crippen LogP contribution in [-0.2, 0) is 19.1 Å². The summed E-state index contributed by atoms with van der Waals surface area (Å²) in [5.74, 6) is 0. The molecule has 2 aromatic heterocycles. The van der Waals surface area contributed by atoms with E-state index in [2.05, 4.69) is 15.3 Å². The zero-order valence-electron chi connectivity index (χ0n) is 11.3. The lowest BCUT2D eigenvalue weighted by Gasteiger charge is -2.06. The zero-order valence-corrected chi connectivity index (χ0v) is 13.0. The number of thiazole rings is 2. The Hall–Kier alpha value is -0.990. The minimum atomic E-state index is -4.39. The Morgan fingerprint density at radius 1 is 1.29 bits per heavy atom. The first-order valence-electron chi connectivity index (χ1n) is 6.62. The molecule has 1 fully saturated rings. The fourth-order valence-corrected chi connectivity index (χ4v) is 3.87. The molecule has 1 aliphatic rings. The maximum absolute atomic E-state index is 13.0. The van der Waals surface area contributed by atoms with Crippen molar-refractivity contribution in [3.63, 3.8) is 0 Å². The van der Waals surface area contributed by atoms with E-state index in [0.717, 1.165) is 34.9 Å². The molecule has 0 aliphatic heterocycles. The molecule has 2 aromatic rings. The lowest BCUT2D eigenvalue weighted by molar-refractivity contribution is -0.141. The minimum absolute atomic E-state index is 0.244. The van der Waals surface area contributed by atoms with Crippen molar-refractivity contribution in [2.24, 2.45) is 0 Å². The molecular formula is C13H14F3N3S2. The Morgan fingerprint density at radius 3 is 2.62 bits per heavy atom. The van der Waals surface area contributed by atoms with Crippen LogP contribution >= 0.6 is 22.7 Å². The molecule has 0 atom stereocenters. The molecule has 2 heterocycles. The summed E-state index contributed by atoms with van der Waals surface area (Å²) in [5, 5.41) is 6.29. The number of halogens is 3. The van der Waals surface area contributed by atoms with Gasteiger partial charge in [-0.15, -0.1) is 22.7 Å². The molecule has 0 spiro atoms. The maximum Gasteiger partial charge on any atom is 0.434 e. The molecule has 3 rings (SSSR count). The maximum atomic E-state index is 13.0. The number of hydrogen-bond acceptors (Lipinski definition) is 5. The van der Waals surface area contributed by atoms with Gasteiger partial charge in [0.05, 0.1) is 16.3 Å². The molecule has 1 saturated carbocycles. The summed E-state index contributed by atoms with van der Waals surface area (Å²) >= 11 is 2.59. The molecule has 8 heteroatoms. The van der Waals surface area contributed by atoms with Crippen LogP contribution in [0.2, 0.25) is 0 Å². The Labute approximate surface area is 128 Å². The Balaban J connectivity index is 1.80. The number of hydrogen-bond donors (Lipinski definition) is 1. The Morgan fingerprint density at radius 2 is 2.05 bits per heavy atom. The summed E-state index contributed by atoms with van der Waals surface area (Å²) in [7, 11) is 0. The molecule has 1 aliphatic carbocycles. The summed E-state index contributed by atoms with van der Waals surface area (Å²) in [4.78, 5) is 8.36. The van der Waals surface area contributed by atoms with E-state index in [9.17, 15) is 13.2 Å². The number of alkyl halides is 3. The smallest absolute Gasteiger partial charge is 0.309 e. The second-order valence-electron chi connectivity index (χ2n) is 5.09. The van der Waals surface area contributed by atoms with Crippen molar-refractivity contribution < 1.29 is 13.2 Å². The summed E-state index contributed by atoms with van der Waals surface area (Å²) in [6.07, 6.45) is -1.93. The Bertz CT molecular complexity index is 629. The van der Waals surface area contributed by atoms with E-state index >= 15 is 0 Å². The topological polar surface area (TPSA) is 37.8 Å². The average Bonchev–Trinajstić information content (AvgIpc) is 2.99. The number of aromatic nitrogens is 2. The monoisotopic (exact) mass is 333 g/mol. The van der Waals surface area contributed by atoms with Gasteiger partial charge in [0, 0.05) is 23.7 Å². The van der Waals surface area contributed by atoms with E-state index in [1.165, 1.54) is 11.3 Å². The second-order valence-corrected chi connectivity index (χ2v) is 7.20. The van der Waals surface area contributed by atoms with Crippen molar-refractivity contribution in [3.8, 4) is 0 Å². The third kappa shape index (κ3) is 3.81. The zero-order chi connectivity index (χ0) is 15.0. The van der Waals surface area contributed by atoms with Crippen molar-refractivity contribution in [1.29, 1.82) is 0 Å². The van der Waals surface area contributed by atoms with Crippen LogP contribution in [-0.4, -0.2) is 16.0 Å². The van der Waals surface area contributed by atoms with Crippen molar-refractivity contribution in [3.05, 3.63) is 31.7 Å². The van der Waals surface area contributed by atoms with Crippen LogP contribution in [0.3, 0.4) is 0 Å². The van der Waals surface area contributed by atoms with Crippen LogP contribution in [0.5, 0.6) is 0 Å². The highest BCUT2D eigenvalue weighted by atomic mass is 32.1. The SMILES string of the molecule is Cc1csc(Cc2nc(C(F)(F)F)c(CNC3CC3)s2)n1. The van der Waals surface area contributed by atoms with Gasteiger partial charge in [0.15, 0.2) is 5.69 Å². The first kappa shape index (κ1) is 14.9. The summed E-state index contributed by atoms with van der Waals surface area (Å²) < 4.78 is 39.1. The molecule has 0 radical (unpaired) electrons. The predicted molar refractivity (Wildman–Crippen MR) is 76.6 cm³/mol. The lowest BCUT2D eigenvalue weighted by Crippen LogP contribution is -2.18. The third-order valence-corrected chi connectivity index (χ3v) is 5.13. The molecular weight excluding hydrogens is 319 g/mol. The first-order chi connectivity index (χ1) is 9.91. The van der Waals surface area contributed by atoms with E-state index in [1.54, 1.807) is 0 Å². The van der Waals surface area contributed by atoms with E-state index in [0.29, 0.717) is 17.5 Å². The van der Waals surface area contributed by atoms with Crippen molar-refractivity contribution in [1.82, 2.24) is 15.3 Å². The average molecular weight is 333 g/mol. The molecule has 0 unspecified atom stereocenters. The van der Waals surface area contributed by atoms with Gasteiger partial charge in [-0.05, 0) is 19.8 Å². The van der Waals surface area contributed by atoms with Crippen LogP contribution in [0, 0.1) is 6.92 Å². The number of aryl methyl sites for hydroxylation is 1. The van der Waals surface area contributed by atoms with Crippen LogP contribution in [0.1, 0.15) is 39.1 Å². The van der Waals surface area contributed by atoms with Crippen molar-refractivity contribution in [2.75, 3.05) is 0 Å². The van der Waals surface area contributed by atoms with Gasteiger partial charge in [-0.2, -0.15) is 13.2 Å². The second kappa shape index (κ2) is 5.66. The van der Waals surface area contributed by atoms with Crippen LogP contribution < -0.4 is 5.32 Å². The fraction of sp³-hybridized carbons (Fsp3) is 0.538. The van der Waals surface area contributed by atoms with E-state index in [4.69, 9.17) is 0 Å². The van der Waals surface area contributed by atoms with Gasteiger partial charge in [0.1, 0.15) is 5.01 Å². The Kier molecular flexibility index (Phi) is 4.02. The lowest BCUT2D eigenvalue weighted by atomic mass is 10.3. The van der Waals surface area contributed by atoms with Gasteiger partial charge in [0.25, 0.3) is 0 Å². The molecule has 0 bridgehead atoms. The quantitative estimate of drug-likeness (QED) is 0.905. The fourth-order valence-electron chi connectivity index (χ4n) is 1.96. The largest absolute Gasteiger partial charge is 0.434 e. The van der Waals surface area contributed by atoms with Crippen molar-refractivity contribution >= 4 is 22.7 Å². The molecule has 1 N–H and O–H groups in total. The third-order valence-electron chi connectivity index (χ3n) is 3.11. The summed E-state index contributed by atoms with van der Waals surface area (Å²) in [6.45, 7) is 2.11. The number of rotatable bonds is 5. The van der Waals surface area contributed by atoms with Gasteiger partial charge in [-0.1, -0.05) is 0 Å². The molecule has 21 heavy (non-hydrogen) atoms. The highest BCUT2D eigenvalue weighted by Gasteiger charge is 2.37. The van der Waals surface area contributed by atoms with Crippen LogP contribution in [0.25, 0.3) is 0 Å². The molecule has 0 amide bonds. The number of nitrogens with zero attached hydrogens (tertiary/aromatic N) is 2. The van der Waals surface area contributed by atoms with E-state index in [-0.39, 0.29) is 11.4 Å². The highest BCUT2D eigenvalue weighted by molar-refractivity contribution is 7.12.